The van der Waals surface area contributed by atoms with E-state index in [1.165, 1.54) is 18.8 Å². The molecule has 2 nitrogen and oxygen atoms in total. The predicted octanol–water partition coefficient (Wildman–Crippen LogP) is 0.217. The fourth-order valence-electron chi connectivity index (χ4n) is 0.414. The summed E-state index contributed by atoms with van der Waals surface area (Å²) in [5.74, 6) is -0.387. The van der Waals surface area contributed by atoms with Gasteiger partial charge in [-0.1, -0.05) is 0 Å². The van der Waals surface area contributed by atoms with Crippen molar-refractivity contribution in [1.29, 1.82) is 0 Å². The number of Topliss-reactive ketones (excluding diaryl/α,β-unsaturated/α-hetero) is 2. The van der Waals surface area contributed by atoms with E-state index in [1.54, 1.807) is 0 Å². The third-order valence-corrected chi connectivity index (χ3v) is 1.37. The van der Waals surface area contributed by atoms with Crippen molar-refractivity contribution in [2.75, 3.05) is 0 Å². The molecule has 0 rings (SSSR count). The molecule has 1 radical (unpaired) electrons. The molecule has 9 heavy (non-hydrogen) atoms. The van der Waals surface area contributed by atoms with E-state index in [2.05, 4.69) is 16.0 Å². The normalized spacial score (nSPS) is 8.22. The maximum atomic E-state index is 10.5. The van der Waals surface area contributed by atoms with Gasteiger partial charge >= 0.3 is 61.6 Å². The fourth-order valence-corrected chi connectivity index (χ4v) is 1.11. The van der Waals surface area contributed by atoms with Crippen LogP contribution in [0.4, 0.5) is 0 Å². The van der Waals surface area contributed by atoms with Crippen molar-refractivity contribution >= 4 is 27.6 Å². The summed E-state index contributed by atoms with van der Waals surface area (Å²) in [4.78, 5) is 22.4. The summed E-state index contributed by atoms with van der Waals surface area (Å²) in [7, 11) is 0. The Bertz CT molecular complexity index is 154. The molecule has 0 heterocycles. The first-order valence-electron chi connectivity index (χ1n) is 2.43. The van der Waals surface area contributed by atoms with E-state index in [9.17, 15) is 9.59 Å². The number of rotatable bonds is 2. The second kappa shape index (κ2) is 3.59. The average Bonchev–Trinajstić information content (AvgIpc) is 1.64. The third-order valence-electron chi connectivity index (χ3n) is 0.876. The zero-order chi connectivity index (χ0) is 7.44. The molecule has 0 aliphatic rings. The predicted molar refractivity (Wildman–Crippen MR) is 35.2 cm³/mol. The van der Waals surface area contributed by atoms with E-state index in [4.69, 9.17) is 0 Å². The molecule has 0 unspecified atom stereocenters. The Balaban J connectivity index is 4.38. The van der Waals surface area contributed by atoms with Gasteiger partial charge in [-0.25, -0.2) is 0 Å². The van der Waals surface area contributed by atoms with Crippen molar-refractivity contribution < 1.29 is 9.59 Å². The van der Waals surface area contributed by atoms with Crippen LogP contribution in [-0.2, 0) is 9.59 Å². The maximum absolute atomic E-state index is 10.5. The van der Waals surface area contributed by atoms with E-state index in [0.29, 0.717) is 0 Å². The summed E-state index contributed by atoms with van der Waals surface area (Å²) < 4.78 is 0. The molecular formula is C6H7O2Se. The van der Waals surface area contributed by atoms with Crippen molar-refractivity contribution in [2.45, 2.75) is 13.8 Å². The Labute approximate surface area is 62.1 Å². The zero-order valence-corrected chi connectivity index (χ0v) is 7.02. The van der Waals surface area contributed by atoms with Crippen molar-refractivity contribution in [3.8, 4) is 0 Å². The van der Waals surface area contributed by atoms with Gasteiger partial charge in [0.25, 0.3) is 0 Å². The summed E-state index contributed by atoms with van der Waals surface area (Å²) in [5.41, 5.74) is 0.231. The monoisotopic (exact) mass is 191 g/mol. The molecule has 0 saturated heterocycles. The molecule has 0 spiro atoms. The molecule has 0 aromatic heterocycles. The Morgan fingerprint density at radius 3 is 1.56 bits per heavy atom. The Morgan fingerprint density at radius 2 is 1.56 bits per heavy atom. The van der Waals surface area contributed by atoms with Crippen LogP contribution in [0.3, 0.4) is 0 Å². The summed E-state index contributed by atoms with van der Waals surface area (Å²) in [6, 6.07) is 0. The molecule has 0 saturated carbocycles. The minimum atomic E-state index is -0.193. The fraction of sp³-hybridized carbons (Fsp3) is 0.333. The van der Waals surface area contributed by atoms with Gasteiger partial charge in [-0.3, -0.25) is 0 Å². The molecule has 0 amide bonds. The Hall–Kier alpha value is -0.401. The van der Waals surface area contributed by atoms with Gasteiger partial charge in [-0.05, 0) is 0 Å². The van der Waals surface area contributed by atoms with Crippen LogP contribution in [0.15, 0.2) is 10.5 Å². The van der Waals surface area contributed by atoms with E-state index >= 15 is 0 Å². The average molecular weight is 190 g/mol. The van der Waals surface area contributed by atoms with Crippen molar-refractivity contribution in [3.05, 3.63) is 10.5 Å². The molecule has 0 aromatic carbocycles. The number of carbonyl (C=O) groups is 2. The number of carbonyl (C=O) groups excluding carboxylic acids is 2. The standard InChI is InChI=1S/C6H7O2Se/c1-4(7)6(3-9)5(2)8/h3H,1-2H3. The van der Waals surface area contributed by atoms with Gasteiger partial charge in [0.15, 0.2) is 0 Å². The van der Waals surface area contributed by atoms with E-state index in [0.717, 1.165) is 0 Å². The molecule has 0 aromatic rings. The van der Waals surface area contributed by atoms with Crippen LogP contribution < -0.4 is 0 Å². The van der Waals surface area contributed by atoms with Crippen molar-refractivity contribution in [1.82, 2.24) is 0 Å². The second-order valence-electron chi connectivity index (χ2n) is 1.64. The van der Waals surface area contributed by atoms with Crippen LogP contribution in [0.1, 0.15) is 13.8 Å². The van der Waals surface area contributed by atoms with Crippen LogP contribution in [-0.4, -0.2) is 27.6 Å². The molecule has 0 N–H and O–H groups in total. The van der Waals surface area contributed by atoms with Gasteiger partial charge in [-0.2, -0.15) is 0 Å². The van der Waals surface area contributed by atoms with Crippen LogP contribution in [0.5, 0.6) is 0 Å². The summed E-state index contributed by atoms with van der Waals surface area (Å²) >= 11 is 2.50. The van der Waals surface area contributed by atoms with Crippen LogP contribution >= 0.6 is 0 Å². The Kier molecular flexibility index (Phi) is 3.43. The molecule has 0 bridgehead atoms. The van der Waals surface area contributed by atoms with Gasteiger partial charge in [0.1, 0.15) is 0 Å². The first kappa shape index (κ1) is 8.60. The summed E-state index contributed by atoms with van der Waals surface area (Å²) in [6.45, 7) is 2.73. The quantitative estimate of drug-likeness (QED) is 0.270. The number of allylic oxidation sites excluding steroid dienone is 1. The van der Waals surface area contributed by atoms with E-state index in [1.807, 2.05) is 0 Å². The molecular weight excluding hydrogens is 183 g/mol. The number of ketones is 2. The van der Waals surface area contributed by atoms with Gasteiger partial charge in [0, 0.05) is 0 Å². The van der Waals surface area contributed by atoms with Gasteiger partial charge in [0.2, 0.25) is 0 Å². The number of hydrogen-bond acceptors (Lipinski definition) is 2. The second-order valence-corrected chi connectivity index (χ2v) is 2.14. The van der Waals surface area contributed by atoms with Crippen LogP contribution in [0.25, 0.3) is 0 Å². The molecule has 3 heteroatoms. The summed E-state index contributed by atoms with van der Waals surface area (Å²) in [5, 5.41) is 0. The van der Waals surface area contributed by atoms with Crippen molar-refractivity contribution in [2.24, 2.45) is 0 Å². The molecule has 0 aliphatic carbocycles. The topological polar surface area (TPSA) is 34.1 Å². The zero-order valence-electron chi connectivity index (χ0n) is 5.30. The Morgan fingerprint density at radius 1 is 1.22 bits per heavy atom. The third kappa shape index (κ3) is 2.59. The minimum absolute atomic E-state index is 0.193. The van der Waals surface area contributed by atoms with Crippen LogP contribution in [0.2, 0.25) is 0 Å². The van der Waals surface area contributed by atoms with Gasteiger partial charge < -0.3 is 0 Å². The van der Waals surface area contributed by atoms with E-state index in [-0.39, 0.29) is 17.1 Å². The van der Waals surface area contributed by atoms with Gasteiger partial charge in [-0.15, -0.1) is 0 Å². The van der Waals surface area contributed by atoms with E-state index < -0.39 is 0 Å². The first-order chi connectivity index (χ1) is 4.09. The molecule has 0 aliphatic heterocycles. The molecule has 0 atom stereocenters. The SMILES string of the molecule is CC(=O)C(=C[Se])C(C)=O. The first-order valence-corrected chi connectivity index (χ1v) is 3.42. The summed E-state index contributed by atoms with van der Waals surface area (Å²) in [6.07, 6.45) is 0. The molecule has 49 valence electrons. The molecule has 0 fully saturated rings. The van der Waals surface area contributed by atoms with Crippen molar-refractivity contribution in [3.63, 3.8) is 0 Å². The van der Waals surface area contributed by atoms with Gasteiger partial charge in [0.05, 0.1) is 0 Å². The van der Waals surface area contributed by atoms with Crippen LogP contribution in [0, 0.1) is 0 Å². The number of hydrogen-bond donors (Lipinski definition) is 0.